The molecule has 0 N–H and O–H groups in total. The highest BCUT2D eigenvalue weighted by molar-refractivity contribution is 6.88. The lowest BCUT2D eigenvalue weighted by Gasteiger charge is -2.36. The fourth-order valence-corrected chi connectivity index (χ4v) is 8.85. The number of rotatable bonds is 8. The first-order valence-corrected chi connectivity index (χ1v) is 20.5. The van der Waals surface area contributed by atoms with Gasteiger partial charge in [-0.05, 0) is 72.6 Å². The van der Waals surface area contributed by atoms with E-state index in [-0.39, 0.29) is 32.8 Å². The second-order valence-electron chi connectivity index (χ2n) is 13.8. The molecule has 2 aliphatic rings. The number of anilines is 2. The van der Waals surface area contributed by atoms with Gasteiger partial charge in [0.15, 0.2) is 11.6 Å². The van der Waals surface area contributed by atoms with E-state index in [9.17, 15) is 20.2 Å². The van der Waals surface area contributed by atoms with Crippen molar-refractivity contribution >= 4 is 59.2 Å². The summed E-state index contributed by atoms with van der Waals surface area (Å²) < 4.78 is 32.3. The summed E-state index contributed by atoms with van der Waals surface area (Å²) >= 11 is 12.2. The van der Waals surface area contributed by atoms with E-state index in [0.717, 1.165) is 12.8 Å². The zero-order valence-electron chi connectivity index (χ0n) is 27.3. The highest BCUT2D eigenvalue weighted by atomic mass is 35.5. The van der Waals surface area contributed by atoms with Crippen LogP contribution in [-0.4, -0.2) is 31.0 Å². The number of hydrogen-bond donors (Lipinski definition) is 0. The molecule has 0 aromatic heterocycles. The van der Waals surface area contributed by atoms with Gasteiger partial charge in [-0.3, -0.25) is 20.2 Å². The molecule has 0 amide bonds. The minimum atomic E-state index is -1.49. The molecule has 2 saturated heterocycles. The number of piperidine rings is 1. The van der Waals surface area contributed by atoms with Gasteiger partial charge in [-0.15, -0.1) is 0 Å². The van der Waals surface area contributed by atoms with E-state index in [1.54, 1.807) is 21.9 Å². The molecule has 0 radical (unpaired) electrons. The van der Waals surface area contributed by atoms with Crippen LogP contribution in [0.25, 0.3) is 0 Å². The Bertz CT molecular complexity index is 1840. The maximum absolute atomic E-state index is 16.1. The van der Waals surface area contributed by atoms with Crippen molar-refractivity contribution in [1.29, 1.82) is 0 Å². The molecule has 4 aromatic carbocycles. The van der Waals surface area contributed by atoms with Crippen molar-refractivity contribution in [1.82, 2.24) is 0 Å². The van der Waals surface area contributed by atoms with E-state index in [4.69, 9.17) is 23.2 Å². The van der Waals surface area contributed by atoms with Gasteiger partial charge in [-0.2, -0.15) is 0 Å². The maximum Gasteiger partial charge on any atom is 0.288 e. The number of nitro benzene ring substituents is 2. The molecule has 6 rings (SSSR count). The molecule has 2 fully saturated rings. The summed E-state index contributed by atoms with van der Waals surface area (Å²) in [5.41, 5.74) is 1.90. The van der Waals surface area contributed by atoms with Crippen LogP contribution in [0.5, 0.6) is 0 Å². The van der Waals surface area contributed by atoms with Crippen LogP contribution < -0.4 is 15.0 Å². The summed E-state index contributed by atoms with van der Waals surface area (Å²) in [6.07, 6.45) is 2.43. The first-order valence-electron chi connectivity index (χ1n) is 16.2. The van der Waals surface area contributed by atoms with Crippen molar-refractivity contribution in [2.24, 2.45) is 0 Å². The average molecular weight is 726 g/mol. The third kappa shape index (κ3) is 7.02. The Balaban J connectivity index is 1.33. The zero-order chi connectivity index (χ0) is 35.2. The molecule has 0 saturated carbocycles. The van der Waals surface area contributed by atoms with Gasteiger partial charge in [-0.25, -0.2) is 8.78 Å². The molecule has 2 aliphatic heterocycles. The molecule has 0 unspecified atom stereocenters. The van der Waals surface area contributed by atoms with E-state index in [2.05, 4.69) is 43.9 Å². The summed E-state index contributed by atoms with van der Waals surface area (Å²) in [6, 6.07) is 19.2. The molecule has 0 bridgehead atoms. The Morgan fingerprint density at radius 3 is 1.69 bits per heavy atom. The highest BCUT2D eigenvalue weighted by Crippen LogP contribution is 2.49. The van der Waals surface area contributed by atoms with Crippen molar-refractivity contribution in [3.63, 3.8) is 0 Å². The number of nitro groups is 2. The van der Waals surface area contributed by atoms with Crippen LogP contribution in [0.2, 0.25) is 29.7 Å². The largest absolute Gasteiger partial charge is 0.367 e. The molecule has 2 heterocycles. The fourth-order valence-electron chi connectivity index (χ4n) is 7.28. The van der Waals surface area contributed by atoms with Crippen LogP contribution >= 0.6 is 23.2 Å². The molecular formula is C36H36Cl2F2N4O4Si. The molecule has 49 heavy (non-hydrogen) atoms. The van der Waals surface area contributed by atoms with Gasteiger partial charge < -0.3 is 9.80 Å². The SMILES string of the molecule is C[Si](C)(C)c1cccc(C2CCN(c3c(F)cc(N4[C@@H](c5ccc(Cl)c([N+](=O)[O-])c5)CC[C@@H]4c4ccc(Cl)c([N+](=O)[O-])c4)cc3F)CC2)c1. The lowest BCUT2D eigenvalue weighted by molar-refractivity contribution is -0.384. The van der Waals surface area contributed by atoms with Crippen LogP contribution in [0.15, 0.2) is 72.8 Å². The molecule has 0 spiro atoms. The Morgan fingerprint density at radius 1 is 0.714 bits per heavy atom. The summed E-state index contributed by atoms with van der Waals surface area (Å²) in [5, 5.41) is 24.8. The first kappa shape index (κ1) is 34.8. The Labute approximate surface area is 294 Å². The lowest BCUT2D eigenvalue weighted by Crippen LogP contribution is -2.38. The van der Waals surface area contributed by atoms with Crippen LogP contribution in [0.4, 0.5) is 31.5 Å². The van der Waals surface area contributed by atoms with Gasteiger partial charge in [0.25, 0.3) is 11.4 Å². The zero-order valence-corrected chi connectivity index (χ0v) is 29.8. The number of nitrogens with zero attached hydrogens (tertiary/aromatic N) is 4. The van der Waals surface area contributed by atoms with Gasteiger partial charge in [0, 0.05) is 30.9 Å². The van der Waals surface area contributed by atoms with Gasteiger partial charge in [-0.1, -0.05) is 84.4 Å². The van der Waals surface area contributed by atoms with E-state index >= 15 is 8.78 Å². The molecule has 2 atom stereocenters. The lowest BCUT2D eigenvalue weighted by atomic mass is 9.89. The third-order valence-corrected chi connectivity index (χ3v) is 12.5. The van der Waals surface area contributed by atoms with E-state index in [1.165, 1.54) is 47.1 Å². The summed E-state index contributed by atoms with van der Waals surface area (Å²) in [5.74, 6) is -1.14. The summed E-state index contributed by atoms with van der Waals surface area (Å²) in [6.45, 7) is 7.93. The summed E-state index contributed by atoms with van der Waals surface area (Å²) in [7, 11) is -1.49. The van der Waals surface area contributed by atoms with Crippen molar-refractivity contribution in [2.45, 2.75) is 63.3 Å². The summed E-state index contributed by atoms with van der Waals surface area (Å²) in [4.78, 5) is 25.8. The van der Waals surface area contributed by atoms with E-state index in [0.29, 0.717) is 43.0 Å². The van der Waals surface area contributed by atoms with Gasteiger partial charge in [0.05, 0.1) is 30.0 Å². The quantitative estimate of drug-likeness (QED) is 0.102. The minimum absolute atomic E-state index is 0.0304. The number of halogens is 4. The maximum atomic E-state index is 16.1. The molecule has 4 aromatic rings. The average Bonchev–Trinajstić information content (AvgIpc) is 3.50. The number of hydrogen-bond acceptors (Lipinski definition) is 6. The van der Waals surface area contributed by atoms with Crippen LogP contribution in [-0.2, 0) is 0 Å². The Hall–Kier alpha value is -4.06. The van der Waals surface area contributed by atoms with Crippen molar-refractivity contribution < 1.29 is 18.6 Å². The van der Waals surface area contributed by atoms with Crippen molar-refractivity contribution in [3.8, 4) is 0 Å². The van der Waals surface area contributed by atoms with Crippen molar-refractivity contribution in [2.75, 3.05) is 22.9 Å². The Kier molecular flexibility index (Phi) is 9.72. The second kappa shape index (κ2) is 13.7. The molecular weight excluding hydrogens is 689 g/mol. The number of benzene rings is 4. The van der Waals surface area contributed by atoms with Crippen molar-refractivity contribution in [3.05, 3.63) is 131 Å². The third-order valence-electron chi connectivity index (χ3n) is 9.82. The monoisotopic (exact) mass is 724 g/mol. The van der Waals surface area contributed by atoms with Crippen LogP contribution in [0.1, 0.15) is 60.4 Å². The normalized spacial score (nSPS) is 18.6. The predicted octanol–water partition coefficient (Wildman–Crippen LogP) is 10.1. The minimum Gasteiger partial charge on any atom is -0.367 e. The van der Waals surface area contributed by atoms with E-state index < -0.39 is 41.6 Å². The fraction of sp³-hybridized carbons (Fsp3) is 0.333. The van der Waals surface area contributed by atoms with Crippen LogP contribution in [0.3, 0.4) is 0 Å². The predicted molar refractivity (Wildman–Crippen MR) is 193 cm³/mol. The van der Waals surface area contributed by atoms with E-state index in [1.807, 2.05) is 0 Å². The van der Waals surface area contributed by atoms with Gasteiger partial charge in [0.2, 0.25) is 0 Å². The molecule has 256 valence electrons. The standard InChI is InChI=1S/C36H36Cl2F2N4O4Si/c1-49(2,3)27-6-4-5-23(17-27)22-13-15-41(16-14-22)36-30(39)20-26(21-31(36)40)42-32(24-7-9-28(37)34(18-24)43(45)46)11-12-33(42)25-8-10-29(38)35(19-25)44(47)48/h4-10,17-22,32-33H,11-16H2,1-3H3/t32-,33-/m1/s1. The highest BCUT2D eigenvalue weighted by Gasteiger charge is 2.38. The van der Waals surface area contributed by atoms with Crippen LogP contribution in [0, 0.1) is 31.9 Å². The van der Waals surface area contributed by atoms with Gasteiger partial charge in [0.1, 0.15) is 15.7 Å². The van der Waals surface area contributed by atoms with Gasteiger partial charge >= 0.3 is 0 Å². The topological polar surface area (TPSA) is 92.8 Å². The second-order valence-corrected chi connectivity index (χ2v) is 19.7. The molecule has 13 heteroatoms. The smallest absolute Gasteiger partial charge is 0.288 e. The Morgan fingerprint density at radius 2 is 1.22 bits per heavy atom. The molecule has 0 aliphatic carbocycles. The molecule has 8 nitrogen and oxygen atoms in total. The first-order chi connectivity index (χ1) is 23.2.